The minimum Gasteiger partial charge on any atom is -0.494 e. The molecule has 2 atom stereocenters. The molecule has 104 valence electrons. The fourth-order valence-corrected chi connectivity index (χ4v) is 2.74. The molecule has 1 aliphatic heterocycles. The Hall–Kier alpha value is -1.55. The third-order valence-corrected chi connectivity index (χ3v) is 3.60. The van der Waals surface area contributed by atoms with E-state index in [9.17, 15) is 9.90 Å². The van der Waals surface area contributed by atoms with E-state index in [1.165, 1.54) is 0 Å². The average Bonchev–Trinajstić information content (AvgIpc) is 2.40. The normalized spacial score (nSPS) is 20.8. The third-order valence-electron chi connectivity index (χ3n) is 3.60. The van der Waals surface area contributed by atoms with Gasteiger partial charge in [-0.25, -0.2) is 0 Å². The van der Waals surface area contributed by atoms with E-state index in [4.69, 9.17) is 4.74 Å². The standard InChI is InChI=1S/C15H21NO3/c1-2-19-13-7-3-5-11(9-13)14(15(17)18)12-6-4-8-16-10-12/h3,5,7,9,12,14,16H,2,4,6,8,10H2,1H3,(H,17,18). The number of benzene rings is 1. The van der Waals surface area contributed by atoms with Gasteiger partial charge in [0.15, 0.2) is 0 Å². The quantitative estimate of drug-likeness (QED) is 0.855. The van der Waals surface area contributed by atoms with Gasteiger partial charge in [0.25, 0.3) is 0 Å². The van der Waals surface area contributed by atoms with Crippen molar-refractivity contribution in [2.75, 3.05) is 19.7 Å². The van der Waals surface area contributed by atoms with Gasteiger partial charge in [-0.15, -0.1) is 0 Å². The summed E-state index contributed by atoms with van der Waals surface area (Å²) >= 11 is 0. The molecule has 1 aromatic carbocycles. The first kappa shape index (κ1) is 13.9. The van der Waals surface area contributed by atoms with E-state index in [1.807, 2.05) is 31.2 Å². The fraction of sp³-hybridized carbons (Fsp3) is 0.533. The fourth-order valence-electron chi connectivity index (χ4n) is 2.74. The smallest absolute Gasteiger partial charge is 0.311 e. The molecule has 0 saturated carbocycles. The van der Waals surface area contributed by atoms with Crippen LogP contribution < -0.4 is 10.1 Å². The highest BCUT2D eigenvalue weighted by atomic mass is 16.5. The van der Waals surface area contributed by atoms with Crippen LogP contribution >= 0.6 is 0 Å². The molecule has 1 fully saturated rings. The van der Waals surface area contributed by atoms with Gasteiger partial charge in [0.2, 0.25) is 0 Å². The second-order valence-corrected chi connectivity index (χ2v) is 4.93. The summed E-state index contributed by atoms with van der Waals surface area (Å²) in [4.78, 5) is 11.6. The Bertz CT molecular complexity index is 427. The number of carbonyl (C=O) groups is 1. The maximum atomic E-state index is 11.6. The summed E-state index contributed by atoms with van der Waals surface area (Å²) in [5.74, 6) is -0.298. The van der Waals surface area contributed by atoms with Crippen molar-refractivity contribution in [2.45, 2.75) is 25.7 Å². The lowest BCUT2D eigenvalue weighted by molar-refractivity contribution is -0.140. The SMILES string of the molecule is CCOc1cccc(C(C(=O)O)C2CCCNC2)c1. The molecule has 0 aliphatic carbocycles. The minimum atomic E-state index is -0.748. The van der Waals surface area contributed by atoms with Gasteiger partial charge >= 0.3 is 5.97 Å². The average molecular weight is 263 g/mol. The molecule has 19 heavy (non-hydrogen) atoms. The molecule has 2 N–H and O–H groups in total. The number of hydrogen-bond donors (Lipinski definition) is 2. The number of carboxylic acid groups (broad SMARTS) is 1. The van der Waals surface area contributed by atoms with Crippen LogP contribution in [0.4, 0.5) is 0 Å². The third kappa shape index (κ3) is 3.47. The zero-order valence-corrected chi connectivity index (χ0v) is 11.3. The van der Waals surface area contributed by atoms with Crippen LogP contribution in [-0.4, -0.2) is 30.8 Å². The van der Waals surface area contributed by atoms with Crippen LogP contribution in [0.5, 0.6) is 5.75 Å². The minimum absolute atomic E-state index is 0.156. The lowest BCUT2D eigenvalue weighted by Crippen LogP contribution is -2.36. The van der Waals surface area contributed by atoms with E-state index in [0.717, 1.165) is 37.2 Å². The maximum absolute atomic E-state index is 11.6. The number of hydrogen-bond acceptors (Lipinski definition) is 3. The van der Waals surface area contributed by atoms with Crippen molar-refractivity contribution in [2.24, 2.45) is 5.92 Å². The first-order valence-corrected chi connectivity index (χ1v) is 6.88. The zero-order valence-electron chi connectivity index (χ0n) is 11.3. The van der Waals surface area contributed by atoms with Crippen molar-refractivity contribution in [3.8, 4) is 5.75 Å². The number of aliphatic carboxylic acids is 1. The molecule has 1 saturated heterocycles. The Morgan fingerprint density at radius 1 is 1.58 bits per heavy atom. The van der Waals surface area contributed by atoms with Gasteiger partial charge in [-0.1, -0.05) is 12.1 Å². The van der Waals surface area contributed by atoms with Crippen LogP contribution in [0.25, 0.3) is 0 Å². The molecule has 0 spiro atoms. The Kier molecular flexibility index (Phi) is 4.80. The van der Waals surface area contributed by atoms with E-state index in [2.05, 4.69) is 5.32 Å². The predicted octanol–water partition coefficient (Wildman–Crippen LogP) is 2.25. The lowest BCUT2D eigenvalue weighted by atomic mass is 9.81. The van der Waals surface area contributed by atoms with Crippen LogP contribution in [0, 0.1) is 5.92 Å². The number of nitrogens with one attached hydrogen (secondary N) is 1. The van der Waals surface area contributed by atoms with Gasteiger partial charge in [0.1, 0.15) is 5.75 Å². The van der Waals surface area contributed by atoms with Crippen LogP contribution in [-0.2, 0) is 4.79 Å². The maximum Gasteiger partial charge on any atom is 0.311 e. The van der Waals surface area contributed by atoms with Gasteiger partial charge in [0.05, 0.1) is 12.5 Å². The largest absolute Gasteiger partial charge is 0.494 e. The number of ether oxygens (including phenoxy) is 1. The molecule has 4 nitrogen and oxygen atoms in total. The van der Waals surface area contributed by atoms with Gasteiger partial charge in [-0.3, -0.25) is 4.79 Å². The van der Waals surface area contributed by atoms with E-state index in [0.29, 0.717) is 6.61 Å². The van der Waals surface area contributed by atoms with Crippen LogP contribution in [0.2, 0.25) is 0 Å². The van der Waals surface area contributed by atoms with Gasteiger partial charge < -0.3 is 15.2 Å². The first-order valence-electron chi connectivity index (χ1n) is 6.88. The molecule has 0 bridgehead atoms. The molecular formula is C15H21NO3. The number of rotatable bonds is 5. The summed E-state index contributed by atoms with van der Waals surface area (Å²) in [6.07, 6.45) is 2.00. The highest BCUT2D eigenvalue weighted by Crippen LogP contribution is 2.31. The number of piperidine rings is 1. The van der Waals surface area contributed by atoms with E-state index < -0.39 is 11.9 Å². The van der Waals surface area contributed by atoms with Gasteiger partial charge in [-0.05, 0) is 56.5 Å². The second kappa shape index (κ2) is 6.57. The second-order valence-electron chi connectivity index (χ2n) is 4.93. The molecule has 1 aromatic rings. The molecule has 1 aliphatic rings. The molecule has 4 heteroatoms. The summed E-state index contributed by atoms with van der Waals surface area (Å²) in [5.41, 5.74) is 0.840. The molecule has 1 heterocycles. The van der Waals surface area contributed by atoms with E-state index in [1.54, 1.807) is 0 Å². The first-order chi connectivity index (χ1) is 9.22. The Morgan fingerprint density at radius 2 is 2.42 bits per heavy atom. The Balaban J connectivity index is 2.22. The molecule has 2 rings (SSSR count). The summed E-state index contributed by atoms with van der Waals surface area (Å²) in [7, 11) is 0. The lowest BCUT2D eigenvalue weighted by Gasteiger charge is -2.28. The summed E-state index contributed by atoms with van der Waals surface area (Å²) in [6.45, 7) is 4.27. The summed E-state index contributed by atoms with van der Waals surface area (Å²) < 4.78 is 5.46. The van der Waals surface area contributed by atoms with Gasteiger partial charge in [0, 0.05) is 0 Å². The van der Waals surface area contributed by atoms with Crippen molar-refractivity contribution >= 4 is 5.97 Å². The van der Waals surface area contributed by atoms with Crippen molar-refractivity contribution in [1.82, 2.24) is 5.32 Å². The molecule has 2 unspecified atom stereocenters. The molecule has 0 radical (unpaired) electrons. The van der Waals surface area contributed by atoms with E-state index >= 15 is 0 Å². The molecular weight excluding hydrogens is 242 g/mol. The predicted molar refractivity (Wildman–Crippen MR) is 73.6 cm³/mol. The van der Waals surface area contributed by atoms with Crippen LogP contribution in [0.3, 0.4) is 0 Å². The summed E-state index contributed by atoms with van der Waals surface area (Å²) in [6, 6.07) is 7.48. The Morgan fingerprint density at radius 3 is 3.05 bits per heavy atom. The molecule has 0 aromatic heterocycles. The highest BCUT2D eigenvalue weighted by Gasteiger charge is 2.30. The highest BCUT2D eigenvalue weighted by molar-refractivity contribution is 5.76. The van der Waals surface area contributed by atoms with Crippen molar-refractivity contribution < 1.29 is 14.6 Å². The zero-order chi connectivity index (χ0) is 13.7. The Labute approximate surface area is 113 Å². The van der Waals surface area contributed by atoms with Crippen molar-refractivity contribution in [3.63, 3.8) is 0 Å². The van der Waals surface area contributed by atoms with Crippen molar-refractivity contribution in [3.05, 3.63) is 29.8 Å². The molecule has 0 amide bonds. The summed E-state index contributed by atoms with van der Waals surface area (Å²) in [5, 5.41) is 12.8. The van der Waals surface area contributed by atoms with Gasteiger partial charge in [-0.2, -0.15) is 0 Å². The number of carboxylic acids is 1. The van der Waals surface area contributed by atoms with Crippen molar-refractivity contribution in [1.29, 1.82) is 0 Å². The topological polar surface area (TPSA) is 58.6 Å². The van der Waals surface area contributed by atoms with Crippen LogP contribution in [0.1, 0.15) is 31.2 Å². The van der Waals surface area contributed by atoms with Crippen LogP contribution in [0.15, 0.2) is 24.3 Å². The monoisotopic (exact) mass is 263 g/mol. The van der Waals surface area contributed by atoms with E-state index in [-0.39, 0.29) is 5.92 Å².